The third kappa shape index (κ3) is 4.24. The molecule has 3 heterocycles. The molecule has 3 aromatic heterocycles. The van der Waals surface area contributed by atoms with Crippen molar-refractivity contribution in [1.29, 1.82) is 0 Å². The van der Waals surface area contributed by atoms with Crippen molar-refractivity contribution in [2.75, 3.05) is 26.0 Å². The Morgan fingerprint density at radius 3 is 2.60 bits per heavy atom. The van der Waals surface area contributed by atoms with E-state index < -0.39 is 0 Å². The van der Waals surface area contributed by atoms with Crippen LogP contribution < -0.4 is 5.32 Å². The van der Waals surface area contributed by atoms with Crippen molar-refractivity contribution < 1.29 is 0 Å². The summed E-state index contributed by atoms with van der Waals surface area (Å²) in [6, 6.07) is 3.74. The smallest absolute Gasteiger partial charge is 0.180 e. The molecule has 1 N–H and O–H groups in total. The third-order valence-corrected chi connectivity index (χ3v) is 3.95. The molecule has 0 aliphatic carbocycles. The zero-order valence-electron chi connectivity index (χ0n) is 15.1. The molecule has 0 radical (unpaired) electrons. The Balaban J connectivity index is 2.01. The fourth-order valence-corrected chi connectivity index (χ4v) is 2.50. The zero-order valence-corrected chi connectivity index (χ0v) is 15.1. The Morgan fingerprint density at radius 2 is 1.88 bits per heavy atom. The van der Waals surface area contributed by atoms with E-state index in [4.69, 9.17) is 4.98 Å². The number of fused-ring (bicyclic) bond motifs is 1. The first kappa shape index (κ1) is 17.2. The molecule has 0 aliphatic heterocycles. The summed E-state index contributed by atoms with van der Waals surface area (Å²) < 4.78 is 0. The summed E-state index contributed by atoms with van der Waals surface area (Å²) in [4.78, 5) is 23.9. The molecular weight excluding hydrogens is 314 g/mol. The van der Waals surface area contributed by atoms with Crippen LogP contribution >= 0.6 is 0 Å². The minimum absolute atomic E-state index is 0.113. The number of pyridine rings is 1. The minimum atomic E-state index is -0.113. The van der Waals surface area contributed by atoms with Crippen LogP contribution in [0.3, 0.4) is 0 Å². The molecule has 3 rings (SSSR count). The molecule has 3 aromatic rings. The van der Waals surface area contributed by atoms with E-state index >= 15 is 0 Å². The Bertz CT molecular complexity index is 846. The third-order valence-electron chi connectivity index (χ3n) is 3.95. The maximum absolute atomic E-state index is 4.73. The van der Waals surface area contributed by atoms with E-state index in [9.17, 15) is 0 Å². The molecule has 0 unspecified atom stereocenters. The standard InChI is InChI=1S/C18H23N7/c1-18(2,7-10-25(3)4)24-16-13-5-8-19-11-15(13)22-17(23-16)14-6-9-20-12-21-14/h5-6,8-9,11-12H,7,10H2,1-4H3,(H,22,23,24). The first-order valence-electron chi connectivity index (χ1n) is 8.26. The zero-order chi connectivity index (χ0) is 17.9. The number of nitrogens with zero attached hydrogens (tertiary/aromatic N) is 6. The second-order valence-corrected chi connectivity index (χ2v) is 6.95. The first-order chi connectivity index (χ1) is 11.9. The van der Waals surface area contributed by atoms with E-state index in [1.165, 1.54) is 6.33 Å². The predicted octanol–water partition coefficient (Wildman–Crippen LogP) is 2.62. The summed E-state index contributed by atoms with van der Waals surface area (Å²) in [6.45, 7) is 5.34. The first-order valence-corrected chi connectivity index (χ1v) is 8.26. The number of nitrogens with one attached hydrogen (secondary N) is 1. The molecule has 0 saturated carbocycles. The maximum Gasteiger partial charge on any atom is 0.180 e. The SMILES string of the molecule is CN(C)CCC(C)(C)Nc1nc(-c2ccncn2)nc2cnccc12. The highest BCUT2D eigenvalue weighted by Crippen LogP contribution is 2.26. The molecule has 0 fully saturated rings. The van der Waals surface area contributed by atoms with Gasteiger partial charge < -0.3 is 10.2 Å². The van der Waals surface area contributed by atoms with Crippen LogP contribution in [0.25, 0.3) is 22.4 Å². The molecule has 0 amide bonds. The van der Waals surface area contributed by atoms with Crippen molar-refractivity contribution in [3.8, 4) is 11.5 Å². The van der Waals surface area contributed by atoms with Crippen LogP contribution in [-0.4, -0.2) is 56.0 Å². The highest BCUT2D eigenvalue weighted by Gasteiger charge is 2.20. The molecule has 130 valence electrons. The van der Waals surface area contributed by atoms with Gasteiger partial charge in [-0.3, -0.25) is 4.98 Å². The summed E-state index contributed by atoms with van der Waals surface area (Å²) in [5.74, 6) is 1.36. The van der Waals surface area contributed by atoms with Crippen LogP contribution in [0, 0.1) is 0 Å². The molecule has 7 nitrogen and oxygen atoms in total. The molecular formula is C18H23N7. The number of rotatable bonds is 6. The van der Waals surface area contributed by atoms with Crippen LogP contribution in [0.4, 0.5) is 5.82 Å². The Hall–Kier alpha value is -2.67. The average molecular weight is 337 g/mol. The lowest BCUT2D eigenvalue weighted by Gasteiger charge is -2.29. The van der Waals surface area contributed by atoms with Crippen LogP contribution in [0.15, 0.2) is 37.1 Å². The van der Waals surface area contributed by atoms with E-state index in [0.29, 0.717) is 11.5 Å². The minimum Gasteiger partial charge on any atom is -0.365 e. The van der Waals surface area contributed by atoms with E-state index in [-0.39, 0.29) is 5.54 Å². The summed E-state index contributed by atoms with van der Waals surface area (Å²) in [7, 11) is 4.16. The topological polar surface area (TPSA) is 79.7 Å². The van der Waals surface area contributed by atoms with E-state index in [2.05, 4.69) is 58.1 Å². The van der Waals surface area contributed by atoms with Crippen molar-refractivity contribution in [1.82, 2.24) is 29.8 Å². The summed E-state index contributed by atoms with van der Waals surface area (Å²) in [6.07, 6.45) is 7.68. The Morgan fingerprint density at radius 1 is 1.08 bits per heavy atom. The highest BCUT2D eigenvalue weighted by atomic mass is 15.1. The Kier molecular flexibility index (Phi) is 4.85. The van der Waals surface area contributed by atoms with Gasteiger partial charge in [0.05, 0.1) is 11.7 Å². The fraction of sp³-hybridized carbons (Fsp3) is 0.389. The van der Waals surface area contributed by atoms with Gasteiger partial charge in [0.25, 0.3) is 0 Å². The number of hydrogen-bond donors (Lipinski definition) is 1. The molecule has 0 aliphatic rings. The van der Waals surface area contributed by atoms with Gasteiger partial charge in [-0.25, -0.2) is 19.9 Å². The lowest BCUT2D eigenvalue weighted by Crippen LogP contribution is -2.35. The summed E-state index contributed by atoms with van der Waals surface area (Å²) in [5, 5.41) is 4.53. The normalized spacial score (nSPS) is 11.9. The summed E-state index contributed by atoms with van der Waals surface area (Å²) >= 11 is 0. The van der Waals surface area contributed by atoms with E-state index in [1.807, 2.05) is 6.07 Å². The van der Waals surface area contributed by atoms with Gasteiger partial charge in [0.15, 0.2) is 5.82 Å². The quantitative estimate of drug-likeness (QED) is 0.740. The average Bonchev–Trinajstić information content (AvgIpc) is 2.60. The number of aromatic nitrogens is 5. The molecule has 0 bridgehead atoms. The molecule has 0 spiro atoms. The van der Waals surface area contributed by atoms with Crippen LogP contribution in [0.1, 0.15) is 20.3 Å². The van der Waals surface area contributed by atoms with Gasteiger partial charge in [-0.15, -0.1) is 0 Å². The van der Waals surface area contributed by atoms with Gasteiger partial charge in [-0.2, -0.15) is 0 Å². The van der Waals surface area contributed by atoms with Crippen molar-refractivity contribution in [2.24, 2.45) is 0 Å². The van der Waals surface area contributed by atoms with Crippen LogP contribution in [-0.2, 0) is 0 Å². The van der Waals surface area contributed by atoms with Crippen molar-refractivity contribution in [3.05, 3.63) is 37.1 Å². The monoisotopic (exact) mass is 337 g/mol. The number of anilines is 1. The van der Waals surface area contributed by atoms with Gasteiger partial charge in [0.2, 0.25) is 0 Å². The molecule has 25 heavy (non-hydrogen) atoms. The van der Waals surface area contributed by atoms with Crippen molar-refractivity contribution >= 4 is 16.7 Å². The fourth-order valence-electron chi connectivity index (χ4n) is 2.50. The van der Waals surface area contributed by atoms with Gasteiger partial charge in [-0.1, -0.05) is 0 Å². The predicted molar refractivity (Wildman–Crippen MR) is 99.2 cm³/mol. The van der Waals surface area contributed by atoms with Gasteiger partial charge >= 0.3 is 0 Å². The molecule has 0 saturated heterocycles. The maximum atomic E-state index is 4.73. The molecule has 0 aromatic carbocycles. The summed E-state index contributed by atoms with van der Waals surface area (Å²) in [5.41, 5.74) is 1.37. The highest BCUT2D eigenvalue weighted by molar-refractivity contribution is 5.90. The van der Waals surface area contributed by atoms with Crippen molar-refractivity contribution in [2.45, 2.75) is 25.8 Å². The number of hydrogen-bond acceptors (Lipinski definition) is 7. The van der Waals surface area contributed by atoms with Gasteiger partial charge in [0, 0.05) is 23.3 Å². The van der Waals surface area contributed by atoms with Gasteiger partial charge in [0.1, 0.15) is 17.8 Å². The second kappa shape index (κ2) is 7.06. The van der Waals surface area contributed by atoms with Crippen LogP contribution in [0.2, 0.25) is 0 Å². The molecule has 0 atom stereocenters. The van der Waals surface area contributed by atoms with Crippen molar-refractivity contribution in [3.63, 3.8) is 0 Å². The van der Waals surface area contributed by atoms with E-state index in [0.717, 1.165) is 29.7 Å². The largest absolute Gasteiger partial charge is 0.365 e. The van der Waals surface area contributed by atoms with Crippen LogP contribution in [0.5, 0.6) is 0 Å². The van der Waals surface area contributed by atoms with Gasteiger partial charge in [-0.05, 0) is 53.0 Å². The Labute approximate surface area is 147 Å². The lowest BCUT2D eigenvalue weighted by atomic mass is 10.00. The second-order valence-electron chi connectivity index (χ2n) is 6.95. The lowest BCUT2D eigenvalue weighted by molar-refractivity contribution is 0.356. The van der Waals surface area contributed by atoms with E-state index in [1.54, 1.807) is 24.7 Å². The molecule has 7 heteroatoms.